The molecule has 1 aliphatic rings. The van der Waals surface area contributed by atoms with Crippen molar-refractivity contribution in [2.24, 2.45) is 11.7 Å². The minimum absolute atomic E-state index is 0.141. The first-order valence-electron chi connectivity index (χ1n) is 6.53. The van der Waals surface area contributed by atoms with Crippen molar-refractivity contribution < 1.29 is 5.11 Å². The van der Waals surface area contributed by atoms with Crippen LogP contribution in [0.1, 0.15) is 25.3 Å². The lowest BCUT2D eigenvalue weighted by Gasteiger charge is -2.39. The standard InChI is InChI=1S/C14H21ClN2O/c1-10-3-2-6-17(13(10)8-16)9-11-4-5-14(18)12(15)7-11/h4-5,7,10,13,18H,2-3,6,8-9,16H2,1H3. The molecule has 2 unspecified atom stereocenters. The number of hydrogen-bond donors (Lipinski definition) is 2. The largest absolute Gasteiger partial charge is 0.506 e. The Bertz CT molecular complexity index is 411. The zero-order valence-corrected chi connectivity index (χ0v) is 11.5. The topological polar surface area (TPSA) is 49.5 Å². The predicted molar refractivity (Wildman–Crippen MR) is 74.8 cm³/mol. The molecule has 100 valence electrons. The number of nitrogens with two attached hydrogens (primary N) is 1. The van der Waals surface area contributed by atoms with Crippen LogP contribution in [-0.4, -0.2) is 29.1 Å². The quantitative estimate of drug-likeness (QED) is 0.886. The highest BCUT2D eigenvalue weighted by Crippen LogP contribution is 2.27. The van der Waals surface area contributed by atoms with Crippen molar-refractivity contribution in [2.45, 2.75) is 32.4 Å². The van der Waals surface area contributed by atoms with Gasteiger partial charge in [-0.25, -0.2) is 0 Å². The molecule has 0 radical (unpaired) electrons. The first kappa shape index (κ1) is 13.7. The lowest BCUT2D eigenvalue weighted by molar-refractivity contribution is 0.0991. The summed E-state index contributed by atoms with van der Waals surface area (Å²) >= 11 is 5.94. The molecule has 18 heavy (non-hydrogen) atoms. The van der Waals surface area contributed by atoms with E-state index in [9.17, 15) is 5.11 Å². The second kappa shape index (κ2) is 5.91. The van der Waals surface area contributed by atoms with Gasteiger partial charge in [0.15, 0.2) is 0 Å². The summed E-state index contributed by atoms with van der Waals surface area (Å²) in [5.41, 5.74) is 7.01. The number of phenolic OH excluding ortho intramolecular Hbond substituents is 1. The number of likely N-dealkylation sites (tertiary alicyclic amines) is 1. The molecule has 1 aromatic rings. The van der Waals surface area contributed by atoms with E-state index in [1.165, 1.54) is 12.8 Å². The second-order valence-corrected chi connectivity index (χ2v) is 5.59. The average Bonchev–Trinajstić information content (AvgIpc) is 2.34. The molecule has 0 aromatic heterocycles. The maximum atomic E-state index is 9.42. The van der Waals surface area contributed by atoms with E-state index in [4.69, 9.17) is 17.3 Å². The highest BCUT2D eigenvalue weighted by Gasteiger charge is 2.27. The van der Waals surface area contributed by atoms with Crippen molar-refractivity contribution in [3.05, 3.63) is 28.8 Å². The molecule has 1 aromatic carbocycles. The number of halogens is 1. The van der Waals surface area contributed by atoms with Gasteiger partial charge in [0.05, 0.1) is 5.02 Å². The zero-order valence-electron chi connectivity index (χ0n) is 10.8. The third kappa shape index (κ3) is 2.97. The molecule has 0 aliphatic carbocycles. The smallest absolute Gasteiger partial charge is 0.134 e. The van der Waals surface area contributed by atoms with Gasteiger partial charge < -0.3 is 10.8 Å². The van der Waals surface area contributed by atoms with E-state index in [1.807, 2.05) is 12.1 Å². The van der Waals surface area contributed by atoms with E-state index in [1.54, 1.807) is 6.07 Å². The monoisotopic (exact) mass is 268 g/mol. The molecular weight excluding hydrogens is 248 g/mol. The van der Waals surface area contributed by atoms with Gasteiger partial charge in [-0.15, -0.1) is 0 Å². The lowest BCUT2D eigenvalue weighted by atomic mass is 9.90. The van der Waals surface area contributed by atoms with Crippen LogP contribution in [0.4, 0.5) is 0 Å². The van der Waals surface area contributed by atoms with Crippen LogP contribution in [0.2, 0.25) is 5.02 Å². The van der Waals surface area contributed by atoms with Crippen LogP contribution in [0.5, 0.6) is 5.75 Å². The summed E-state index contributed by atoms with van der Waals surface area (Å²) < 4.78 is 0. The molecule has 1 heterocycles. The molecule has 3 N–H and O–H groups in total. The second-order valence-electron chi connectivity index (χ2n) is 5.18. The Balaban J connectivity index is 2.09. The fourth-order valence-corrected chi connectivity index (χ4v) is 3.00. The van der Waals surface area contributed by atoms with Crippen molar-refractivity contribution in [1.29, 1.82) is 0 Å². The fourth-order valence-electron chi connectivity index (χ4n) is 2.80. The fraction of sp³-hybridized carbons (Fsp3) is 0.571. The molecule has 4 heteroatoms. The van der Waals surface area contributed by atoms with Gasteiger partial charge in [0.1, 0.15) is 5.75 Å². The summed E-state index contributed by atoms with van der Waals surface area (Å²) in [6.45, 7) is 4.91. The van der Waals surface area contributed by atoms with Crippen molar-refractivity contribution >= 4 is 11.6 Å². The highest BCUT2D eigenvalue weighted by molar-refractivity contribution is 6.32. The van der Waals surface area contributed by atoms with Crippen molar-refractivity contribution in [3.63, 3.8) is 0 Å². The molecule has 2 rings (SSSR count). The van der Waals surface area contributed by atoms with E-state index < -0.39 is 0 Å². The molecular formula is C14H21ClN2O. The van der Waals surface area contributed by atoms with E-state index in [-0.39, 0.29) is 5.75 Å². The molecule has 0 amide bonds. The third-order valence-corrected chi connectivity index (χ3v) is 4.17. The third-order valence-electron chi connectivity index (χ3n) is 3.87. The van der Waals surface area contributed by atoms with Gasteiger partial charge in [-0.2, -0.15) is 0 Å². The van der Waals surface area contributed by atoms with Crippen LogP contribution in [0.3, 0.4) is 0 Å². The molecule has 0 spiro atoms. The van der Waals surface area contributed by atoms with Gasteiger partial charge in [0, 0.05) is 19.1 Å². The van der Waals surface area contributed by atoms with E-state index in [0.717, 1.165) is 18.7 Å². The highest BCUT2D eigenvalue weighted by atomic mass is 35.5. The van der Waals surface area contributed by atoms with Crippen LogP contribution >= 0.6 is 11.6 Å². The molecule has 0 bridgehead atoms. The average molecular weight is 269 g/mol. The maximum Gasteiger partial charge on any atom is 0.134 e. The van der Waals surface area contributed by atoms with Crippen LogP contribution < -0.4 is 5.73 Å². The molecule has 3 nitrogen and oxygen atoms in total. The van der Waals surface area contributed by atoms with Crippen molar-refractivity contribution in [1.82, 2.24) is 4.90 Å². The van der Waals surface area contributed by atoms with E-state index in [2.05, 4.69) is 11.8 Å². The number of hydrogen-bond acceptors (Lipinski definition) is 3. The Morgan fingerprint density at radius 3 is 2.94 bits per heavy atom. The number of nitrogens with zero attached hydrogens (tertiary/aromatic N) is 1. The zero-order chi connectivity index (χ0) is 13.1. The summed E-state index contributed by atoms with van der Waals surface area (Å²) in [4.78, 5) is 2.43. The minimum atomic E-state index is 0.141. The van der Waals surface area contributed by atoms with E-state index in [0.29, 0.717) is 23.5 Å². The number of rotatable bonds is 3. The van der Waals surface area contributed by atoms with Gasteiger partial charge >= 0.3 is 0 Å². The van der Waals surface area contributed by atoms with Crippen LogP contribution in [0.15, 0.2) is 18.2 Å². The Morgan fingerprint density at radius 1 is 1.50 bits per heavy atom. The Hall–Kier alpha value is -0.770. The summed E-state index contributed by atoms with van der Waals surface area (Å²) in [5, 5.41) is 9.84. The maximum absolute atomic E-state index is 9.42. The SMILES string of the molecule is CC1CCCN(Cc2ccc(O)c(Cl)c2)C1CN. The van der Waals surface area contributed by atoms with Gasteiger partial charge in [-0.1, -0.05) is 24.6 Å². The van der Waals surface area contributed by atoms with Crippen molar-refractivity contribution in [2.75, 3.05) is 13.1 Å². The Kier molecular flexibility index (Phi) is 4.49. The van der Waals surface area contributed by atoms with Crippen LogP contribution in [-0.2, 0) is 6.54 Å². The molecule has 1 aliphatic heterocycles. The minimum Gasteiger partial charge on any atom is -0.506 e. The summed E-state index contributed by atoms with van der Waals surface area (Å²) in [6, 6.07) is 5.87. The number of aromatic hydroxyl groups is 1. The number of piperidine rings is 1. The van der Waals surface area contributed by atoms with Crippen molar-refractivity contribution in [3.8, 4) is 5.75 Å². The lowest BCUT2D eigenvalue weighted by Crippen LogP contribution is -2.47. The normalized spacial score (nSPS) is 25.3. The summed E-state index contributed by atoms with van der Waals surface area (Å²) in [7, 11) is 0. The number of benzene rings is 1. The summed E-state index contributed by atoms with van der Waals surface area (Å²) in [5.74, 6) is 0.791. The van der Waals surface area contributed by atoms with Gasteiger partial charge in [-0.05, 0) is 43.0 Å². The predicted octanol–water partition coefficient (Wildman–Crippen LogP) is 2.60. The van der Waals surface area contributed by atoms with Gasteiger partial charge in [0.2, 0.25) is 0 Å². The molecule has 1 saturated heterocycles. The van der Waals surface area contributed by atoms with Gasteiger partial charge in [0.25, 0.3) is 0 Å². The Labute approximate surface area is 114 Å². The van der Waals surface area contributed by atoms with Crippen LogP contribution in [0.25, 0.3) is 0 Å². The molecule has 2 atom stereocenters. The van der Waals surface area contributed by atoms with Gasteiger partial charge in [-0.3, -0.25) is 4.90 Å². The molecule has 1 fully saturated rings. The summed E-state index contributed by atoms with van der Waals surface area (Å²) in [6.07, 6.45) is 2.48. The first-order valence-corrected chi connectivity index (χ1v) is 6.91. The first-order chi connectivity index (χ1) is 8.61. The van der Waals surface area contributed by atoms with Crippen LogP contribution in [0, 0.1) is 5.92 Å². The van der Waals surface area contributed by atoms with E-state index >= 15 is 0 Å². The molecule has 0 saturated carbocycles. The Morgan fingerprint density at radius 2 is 2.28 bits per heavy atom. The number of phenols is 1.